The summed E-state index contributed by atoms with van der Waals surface area (Å²) in [6.07, 6.45) is 0.554. The van der Waals surface area contributed by atoms with Crippen molar-refractivity contribution >= 4 is 11.6 Å². The van der Waals surface area contributed by atoms with Crippen LogP contribution >= 0.6 is 0 Å². The highest BCUT2D eigenvalue weighted by atomic mass is 16.7. The van der Waals surface area contributed by atoms with Gasteiger partial charge >= 0.3 is 0 Å². The summed E-state index contributed by atoms with van der Waals surface area (Å²) < 4.78 is 15.4. The van der Waals surface area contributed by atoms with Crippen LogP contribution in [-0.4, -0.2) is 31.4 Å². The van der Waals surface area contributed by atoms with Crippen molar-refractivity contribution in [3.8, 4) is 11.6 Å². The van der Waals surface area contributed by atoms with Gasteiger partial charge in [-0.25, -0.2) is 4.98 Å². The predicted molar refractivity (Wildman–Crippen MR) is 86.7 cm³/mol. The third-order valence-electron chi connectivity index (χ3n) is 3.35. The Kier molecular flexibility index (Phi) is 5.67. The Morgan fingerprint density at radius 3 is 2.39 bits per heavy atom. The normalized spacial score (nSPS) is 10.7. The molecule has 2 aromatic rings. The number of pyridine rings is 1. The van der Waals surface area contributed by atoms with Gasteiger partial charge in [-0.15, -0.1) is 0 Å². The highest BCUT2D eigenvalue weighted by Crippen LogP contribution is 2.23. The van der Waals surface area contributed by atoms with Crippen LogP contribution in [0.4, 0.5) is 5.69 Å². The largest absolute Gasteiger partial charge is 0.439 e. The first kappa shape index (κ1) is 16.9. The van der Waals surface area contributed by atoms with Crippen LogP contribution < -0.4 is 10.1 Å². The van der Waals surface area contributed by atoms with Gasteiger partial charge < -0.3 is 19.5 Å². The minimum atomic E-state index is -0.957. The van der Waals surface area contributed by atoms with Crippen LogP contribution in [-0.2, 0) is 14.3 Å². The number of nitrogens with one attached hydrogen (secondary N) is 1. The van der Waals surface area contributed by atoms with Crippen LogP contribution in [0.25, 0.3) is 0 Å². The van der Waals surface area contributed by atoms with E-state index in [-0.39, 0.29) is 0 Å². The Bertz CT molecular complexity index is 667. The minimum Gasteiger partial charge on any atom is -0.439 e. The topological polar surface area (TPSA) is 69.7 Å². The van der Waals surface area contributed by atoms with Crippen molar-refractivity contribution in [1.29, 1.82) is 0 Å². The van der Waals surface area contributed by atoms with E-state index in [0.29, 0.717) is 11.6 Å². The van der Waals surface area contributed by atoms with Crippen LogP contribution in [0, 0.1) is 13.8 Å². The van der Waals surface area contributed by atoms with Crippen molar-refractivity contribution in [1.82, 2.24) is 4.98 Å². The maximum atomic E-state index is 11.8. The number of carbonyl (C=O) groups excluding carboxylic acids is 1. The second-order valence-corrected chi connectivity index (χ2v) is 5.03. The molecule has 0 saturated heterocycles. The number of aromatic nitrogens is 1. The van der Waals surface area contributed by atoms with E-state index in [4.69, 9.17) is 14.2 Å². The molecule has 6 nitrogen and oxygen atoms in total. The van der Waals surface area contributed by atoms with E-state index in [9.17, 15) is 4.79 Å². The van der Waals surface area contributed by atoms with Gasteiger partial charge in [-0.05, 0) is 43.2 Å². The summed E-state index contributed by atoms with van der Waals surface area (Å²) in [5.74, 6) is 0.761. The van der Waals surface area contributed by atoms with Gasteiger partial charge in [-0.2, -0.15) is 0 Å². The Balaban J connectivity index is 2.01. The lowest BCUT2D eigenvalue weighted by molar-refractivity contribution is -0.153. The fourth-order valence-corrected chi connectivity index (χ4v) is 1.92. The first-order valence-corrected chi connectivity index (χ1v) is 7.11. The third kappa shape index (κ3) is 4.51. The van der Waals surface area contributed by atoms with Gasteiger partial charge in [0, 0.05) is 20.3 Å². The number of anilines is 1. The summed E-state index contributed by atoms with van der Waals surface area (Å²) in [5.41, 5.74) is 2.88. The lowest BCUT2D eigenvalue weighted by Gasteiger charge is -2.13. The van der Waals surface area contributed by atoms with E-state index in [1.54, 1.807) is 12.1 Å². The average Bonchev–Trinajstić information content (AvgIpc) is 2.54. The third-order valence-corrected chi connectivity index (χ3v) is 3.35. The first-order valence-electron chi connectivity index (χ1n) is 7.11. The molecule has 2 rings (SSSR count). The van der Waals surface area contributed by atoms with Crippen LogP contribution in [0.1, 0.15) is 11.1 Å². The number of rotatable bonds is 6. The van der Waals surface area contributed by atoms with Gasteiger partial charge in [-0.1, -0.05) is 6.07 Å². The molecule has 0 spiro atoms. The van der Waals surface area contributed by atoms with Crippen molar-refractivity contribution < 1.29 is 19.0 Å². The monoisotopic (exact) mass is 316 g/mol. The number of aryl methyl sites for hydroxylation is 2. The fraction of sp³-hybridized carbons (Fsp3) is 0.294. The molecule has 0 unspecified atom stereocenters. The summed E-state index contributed by atoms with van der Waals surface area (Å²) in [4.78, 5) is 16.0. The molecule has 0 aliphatic heterocycles. The summed E-state index contributed by atoms with van der Waals surface area (Å²) in [6.45, 7) is 4.07. The minimum absolute atomic E-state index is 0.403. The number of nitrogens with zero attached hydrogens (tertiary/aromatic N) is 1. The van der Waals surface area contributed by atoms with Crippen molar-refractivity contribution in [2.75, 3.05) is 19.5 Å². The number of benzene rings is 1. The molecule has 0 atom stereocenters. The lowest BCUT2D eigenvalue weighted by atomic mass is 10.1. The standard InChI is InChI=1S/C17H20N2O4/c1-11-5-7-14(9-12(11)2)23-15-8-6-13(10-18-15)19-16(20)17(21-3)22-4/h5-10,17H,1-4H3,(H,19,20). The molecule has 0 radical (unpaired) electrons. The van der Waals surface area contributed by atoms with Crippen LogP contribution in [0.15, 0.2) is 36.5 Å². The summed E-state index contributed by atoms with van der Waals surface area (Å²) >= 11 is 0. The zero-order valence-electron chi connectivity index (χ0n) is 13.6. The highest BCUT2D eigenvalue weighted by molar-refractivity contribution is 5.93. The SMILES string of the molecule is COC(OC)C(=O)Nc1ccc(Oc2ccc(C)c(C)c2)nc1. The molecule has 0 fully saturated rings. The molecule has 6 heteroatoms. The quantitative estimate of drug-likeness (QED) is 0.830. The predicted octanol–water partition coefficient (Wildman–Crippen LogP) is 3.05. The summed E-state index contributed by atoms with van der Waals surface area (Å²) in [5, 5.41) is 2.64. The highest BCUT2D eigenvalue weighted by Gasteiger charge is 2.16. The van der Waals surface area contributed by atoms with E-state index >= 15 is 0 Å². The van der Waals surface area contributed by atoms with Gasteiger partial charge in [0.2, 0.25) is 12.2 Å². The second kappa shape index (κ2) is 7.71. The fourth-order valence-electron chi connectivity index (χ4n) is 1.92. The molecule has 122 valence electrons. The number of hydrogen-bond donors (Lipinski definition) is 1. The van der Waals surface area contributed by atoms with E-state index in [1.165, 1.54) is 26.0 Å². The van der Waals surface area contributed by atoms with Gasteiger partial charge in [0.15, 0.2) is 0 Å². The molecule has 0 aliphatic rings. The van der Waals surface area contributed by atoms with Gasteiger partial charge in [0.1, 0.15) is 5.75 Å². The molecule has 0 saturated carbocycles. The van der Waals surface area contributed by atoms with Crippen molar-refractivity contribution in [3.05, 3.63) is 47.7 Å². The van der Waals surface area contributed by atoms with Crippen molar-refractivity contribution in [2.24, 2.45) is 0 Å². The maximum Gasteiger partial charge on any atom is 0.281 e. The zero-order chi connectivity index (χ0) is 16.8. The summed E-state index contributed by atoms with van der Waals surface area (Å²) in [6, 6.07) is 9.22. The van der Waals surface area contributed by atoms with Crippen LogP contribution in [0.5, 0.6) is 11.6 Å². The average molecular weight is 316 g/mol. The molecular formula is C17H20N2O4. The molecule has 1 heterocycles. The Morgan fingerprint density at radius 2 is 1.83 bits per heavy atom. The molecule has 1 N–H and O–H groups in total. The number of methoxy groups -OCH3 is 2. The van der Waals surface area contributed by atoms with Gasteiger partial charge in [-0.3, -0.25) is 4.79 Å². The number of hydrogen-bond acceptors (Lipinski definition) is 5. The molecule has 0 bridgehead atoms. The van der Waals surface area contributed by atoms with Crippen molar-refractivity contribution in [2.45, 2.75) is 20.1 Å². The molecule has 1 aromatic carbocycles. The van der Waals surface area contributed by atoms with Crippen molar-refractivity contribution in [3.63, 3.8) is 0 Å². The van der Waals surface area contributed by atoms with E-state index < -0.39 is 12.2 Å². The van der Waals surface area contributed by atoms with E-state index in [0.717, 1.165) is 11.3 Å². The van der Waals surface area contributed by atoms with E-state index in [1.807, 2.05) is 32.0 Å². The smallest absolute Gasteiger partial charge is 0.281 e. The summed E-state index contributed by atoms with van der Waals surface area (Å²) in [7, 11) is 2.79. The molecule has 1 amide bonds. The van der Waals surface area contributed by atoms with Crippen LogP contribution in [0.3, 0.4) is 0 Å². The number of ether oxygens (including phenoxy) is 3. The zero-order valence-corrected chi connectivity index (χ0v) is 13.6. The molecule has 0 aliphatic carbocycles. The molecular weight excluding hydrogens is 296 g/mol. The van der Waals surface area contributed by atoms with Gasteiger partial charge in [0.25, 0.3) is 5.91 Å². The lowest BCUT2D eigenvalue weighted by Crippen LogP contribution is -2.31. The Labute approximate surface area is 135 Å². The maximum absolute atomic E-state index is 11.8. The number of carbonyl (C=O) groups is 1. The van der Waals surface area contributed by atoms with Crippen LogP contribution in [0.2, 0.25) is 0 Å². The molecule has 23 heavy (non-hydrogen) atoms. The molecule has 1 aromatic heterocycles. The Morgan fingerprint density at radius 1 is 1.09 bits per heavy atom. The second-order valence-electron chi connectivity index (χ2n) is 5.03. The van der Waals surface area contributed by atoms with Gasteiger partial charge in [0.05, 0.1) is 11.9 Å². The first-order chi connectivity index (χ1) is 11.0. The van der Waals surface area contributed by atoms with E-state index in [2.05, 4.69) is 10.3 Å². The Hall–Kier alpha value is -2.44. The number of amides is 1.